The molecule has 0 amide bonds. The summed E-state index contributed by atoms with van der Waals surface area (Å²) < 4.78 is 50.6. The lowest BCUT2D eigenvalue weighted by atomic mass is 10.1. The van der Waals surface area contributed by atoms with Gasteiger partial charge in [-0.05, 0) is 15.4 Å². The maximum atomic E-state index is 11.9. The minimum atomic E-state index is -2.55. The number of Topliss-reactive ketones (excluding diaryl/α,β-unsaturated/α-hetero) is 1. The third-order valence-corrected chi connectivity index (χ3v) is 12.9. The molecule has 0 saturated carbocycles. The van der Waals surface area contributed by atoms with Crippen molar-refractivity contribution < 1.29 is 51.9 Å². The fraction of sp³-hybridized carbons (Fsp3) is 0.500. The van der Waals surface area contributed by atoms with E-state index < -0.39 is 20.1 Å². The van der Waals surface area contributed by atoms with Gasteiger partial charge in [0.2, 0.25) is 0 Å². The van der Waals surface area contributed by atoms with E-state index in [9.17, 15) is 9.59 Å². The molecule has 3 aromatic carbocycles. The summed E-state index contributed by atoms with van der Waals surface area (Å²) in [7, 11) is -2.55. The Morgan fingerprint density at radius 1 is 0.442 bits per heavy atom. The fourth-order valence-electron chi connectivity index (χ4n) is 5.40. The van der Waals surface area contributed by atoms with Gasteiger partial charge in [0.1, 0.15) is 6.61 Å². The first-order chi connectivity index (χ1) is 25.4. The van der Waals surface area contributed by atoms with Gasteiger partial charge in [0, 0.05) is 5.56 Å². The number of carbonyl (C=O) groups is 2. The zero-order valence-corrected chi connectivity index (χ0v) is 32.0. The van der Waals surface area contributed by atoms with E-state index in [0.29, 0.717) is 98.1 Å². The van der Waals surface area contributed by atoms with E-state index in [1.807, 2.05) is 12.1 Å². The standard InChI is InChI=1S/C40H56O11Si/c1-40(2,3)52(36-15-9-5-10-16-36,37-17-11-6-12-18-37)51-34-32-49-30-28-47-26-24-45-22-20-43-19-21-44-23-25-46-27-29-48-31-33-50-39(42)38(41)35-13-7-4-8-14-35/h4-18H,19-34H2,1-3H3. The van der Waals surface area contributed by atoms with E-state index in [1.165, 1.54) is 10.4 Å². The van der Waals surface area contributed by atoms with Crippen LogP contribution in [0.5, 0.6) is 0 Å². The predicted molar refractivity (Wildman–Crippen MR) is 201 cm³/mol. The molecule has 0 spiro atoms. The molecule has 0 radical (unpaired) electrons. The average molecular weight is 741 g/mol. The monoisotopic (exact) mass is 740 g/mol. The molecule has 0 atom stereocenters. The molecular weight excluding hydrogens is 685 g/mol. The van der Waals surface area contributed by atoms with Crippen molar-refractivity contribution in [3.05, 3.63) is 96.6 Å². The van der Waals surface area contributed by atoms with Crippen LogP contribution in [0.2, 0.25) is 5.04 Å². The predicted octanol–water partition coefficient (Wildman–Crippen LogP) is 4.11. The Kier molecular flexibility index (Phi) is 21.2. The highest BCUT2D eigenvalue weighted by Crippen LogP contribution is 2.36. The van der Waals surface area contributed by atoms with Crippen molar-refractivity contribution in [1.82, 2.24) is 0 Å². The third-order valence-electron chi connectivity index (χ3n) is 7.88. The number of rotatable bonds is 29. The smallest absolute Gasteiger partial charge is 0.379 e. The SMILES string of the molecule is CC(C)(C)[Si](OCCOCCOCCOCCOCCOCCOCCOCCOC(=O)C(=O)c1ccccc1)(c1ccccc1)c1ccccc1. The highest BCUT2D eigenvalue weighted by atomic mass is 28.4. The number of ketones is 1. The van der Waals surface area contributed by atoms with E-state index in [0.717, 1.165) is 0 Å². The van der Waals surface area contributed by atoms with Crippen LogP contribution in [-0.4, -0.2) is 126 Å². The van der Waals surface area contributed by atoms with Gasteiger partial charge in [-0.3, -0.25) is 4.79 Å². The molecule has 0 unspecified atom stereocenters. The number of benzene rings is 3. The molecule has 3 aromatic rings. The summed E-state index contributed by atoms with van der Waals surface area (Å²) in [5.74, 6) is -1.57. The molecule has 0 bridgehead atoms. The van der Waals surface area contributed by atoms with Gasteiger partial charge >= 0.3 is 5.97 Å². The van der Waals surface area contributed by atoms with Gasteiger partial charge in [0.15, 0.2) is 0 Å². The van der Waals surface area contributed by atoms with Crippen LogP contribution in [0, 0.1) is 0 Å². The summed E-state index contributed by atoms with van der Waals surface area (Å²) in [6.45, 7) is 13.4. The van der Waals surface area contributed by atoms with E-state index in [4.69, 9.17) is 42.3 Å². The molecule has 286 valence electrons. The number of ether oxygens (including phenoxy) is 8. The van der Waals surface area contributed by atoms with Crippen LogP contribution < -0.4 is 10.4 Å². The number of esters is 1. The highest BCUT2D eigenvalue weighted by Gasteiger charge is 2.50. The summed E-state index contributed by atoms with van der Waals surface area (Å²) in [6, 6.07) is 29.5. The van der Waals surface area contributed by atoms with Crippen LogP contribution in [0.4, 0.5) is 0 Å². The second-order valence-electron chi connectivity index (χ2n) is 12.6. The molecule has 12 heteroatoms. The van der Waals surface area contributed by atoms with Gasteiger partial charge in [-0.15, -0.1) is 0 Å². The lowest BCUT2D eigenvalue weighted by molar-refractivity contribution is -0.139. The highest BCUT2D eigenvalue weighted by molar-refractivity contribution is 6.99. The second kappa shape index (κ2) is 25.6. The molecule has 0 aliphatic carbocycles. The Bertz CT molecular complexity index is 1310. The lowest BCUT2D eigenvalue weighted by Gasteiger charge is -2.43. The molecule has 0 N–H and O–H groups in total. The van der Waals surface area contributed by atoms with Crippen LogP contribution in [-0.2, 0) is 47.1 Å². The normalized spacial score (nSPS) is 11.8. The Morgan fingerprint density at radius 3 is 1.10 bits per heavy atom. The van der Waals surface area contributed by atoms with E-state index >= 15 is 0 Å². The third kappa shape index (κ3) is 15.7. The number of carbonyl (C=O) groups excluding carboxylic acids is 2. The van der Waals surface area contributed by atoms with Gasteiger partial charge in [0.25, 0.3) is 14.1 Å². The summed E-state index contributed by atoms with van der Waals surface area (Å²) in [4.78, 5) is 23.7. The first-order valence-electron chi connectivity index (χ1n) is 17.9. The molecule has 0 aromatic heterocycles. The fourth-order valence-corrected chi connectivity index (χ4v) is 9.95. The van der Waals surface area contributed by atoms with Crippen molar-refractivity contribution >= 4 is 30.4 Å². The Hall–Kier alpha value is -3.30. The Morgan fingerprint density at radius 2 is 0.750 bits per heavy atom. The molecule has 0 saturated heterocycles. The van der Waals surface area contributed by atoms with Crippen molar-refractivity contribution in [2.75, 3.05) is 106 Å². The first-order valence-corrected chi connectivity index (χ1v) is 19.8. The first kappa shape index (κ1) is 43.1. The van der Waals surface area contributed by atoms with E-state index in [1.54, 1.807) is 30.3 Å². The molecule has 0 aliphatic heterocycles. The van der Waals surface area contributed by atoms with Gasteiger partial charge < -0.3 is 42.3 Å². The number of hydrogen-bond acceptors (Lipinski definition) is 11. The summed E-state index contributed by atoms with van der Waals surface area (Å²) in [5.41, 5.74) is 0.297. The summed E-state index contributed by atoms with van der Waals surface area (Å²) in [6.07, 6.45) is 0. The molecule has 11 nitrogen and oxygen atoms in total. The maximum absolute atomic E-state index is 11.9. The minimum absolute atomic E-state index is 0.00215. The van der Waals surface area contributed by atoms with Gasteiger partial charge in [-0.2, -0.15) is 0 Å². The largest absolute Gasteiger partial charge is 0.457 e. The summed E-state index contributed by atoms with van der Waals surface area (Å²) in [5, 5.41) is 2.45. The van der Waals surface area contributed by atoms with Crippen LogP contribution in [0.15, 0.2) is 91.0 Å². The maximum Gasteiger partial charge on any atom is 0.379 e. The minimum Gasteiger partial charge on any atom is -0.457 e. The van der Waals surface area contributed by atoms with Gasteiger partial charge in [0.05, 0.1) is 99.1 Å². The molecule has 3 rings (SSSR count). The topological polar surface area (TPSA) is 117 Å². The number of hydrogen-bond donors (Lipinski definition) is 0. The quantitative estimate of drug-likeness (QED) is 0.0337. The second-order valence-corrected chi connectivity index (χ2v) is 16.9. The molecule has 0 aliphatic rings. The van der Waals surface area contributed by atoms with Crippen molar-refractivity contribution in [1.29, 1.82) is 0 Å². The molecular formula is C40H56O11Si. The Balaban J connectivity index is 1.07. The van der Waals surface area contributed by atoms with Crippen LogP contribution >= 0.6 is 0 Å². The van der Waals surface area contributed by atoms with Crippen molar-refractivity contribution in [2.45, 2.75) is 25.8 Å². The van der Waals surface area contributed by atoms with E-state index in [2.05, 4.69) is 69.3 Å². The lowest BCUT2D eigenvalue weighted by Crippen LogP contribution is -2.66. The van der Waals surface area contributed by atoms with Crippen LogP contribution in [0.3, 0.4) is 0 Å². The zero-order valence-electron chi connectivity index (χ0n) is 31.0. The summed E-state index contributed by atoms with van der Waals surface area (Å²) >= 11 is 0. The van der Waals surface area contributed by atoms with Crippen molar-refractivity contribution in [3.8, 4) is 0 Å². The zero-order chi connectivity index (χ0) is 37.2. The molecule has 0 fully saturated rings. The van der Waals surface area contributed by atoms with Gasteiger partial charge in [-0.25, -0.2) is 4.79 Å². The molecule has 0 heterocycles. The Labute approximate surface area is 309 Å². The van der Waals surface area contributed by atoms with Crippen molar-refractivity contribution in [3.63, 3.8) is 0 Å². The van der Waals surface area contributed by atoms with E-state index in [-0.39, 0.29) is 18.3 Å². The average Bonchev–Trinajstić information content (AvgIpc) is 3.16. The van der Waals surface area contributed by atoms with Crippen molar-refractivity contribution in [2.24, 2.45) is 0 Å². The molecule has 52 heavy (non-hydrogen) atoms. The van der Waals surface area contributed by atoms with Crippen LogP contribution in [0.25, 0.3) is 0 Å². The van der Waals surface area contributed by atoms with Gasteiger partial charge in [-0.1, -0.05) is 112 Å². The van der Waals surface area contributed by atoms with Crippen LogP contribution in [0.1, 0.15) is 31.1 Å².